The van der Waals surface area contributed by atoms with Gasteiger partial charge >= 0.3 is 0 Å². The molecule has 2 rings (SSSR count). The van der Waals surface area contributed by atoms with Crippen LogP contribution < -0.4 is 10.5 Å². The Morgan fingerprint density at radius 2 is 2.11 bits per heavy atom. The maximum atomic E-state index is 6.08. The van der Waals surface area contributed by atoms with Gasteiger partial charge in [-0.3, -0.25) is 4.90 Å². The fourth-order valence-corrected chi connectivity index (χ4v) is 4.39. The maximum Gasteiger partial charge on any atom is 0.118 e. The van der Waals surface area contributed by atoms with Crippen molar-refractivity contribution in [1.82, 2.24) is 4.90 Å². The normalized spacial score (nSPS) is 26.9. The predicted octanol–water partition coefficient (Wildman–Crippen LogP) is 2.35. The lowest BCUT2D eigenvalue weighted by Crippen LogP contribution is -2.55. The smallest absolute Gasteiger partial charge is 0.118 e. The molecule has 0 saturated carbocycles. The summed E-state index contributed by atoms with van der Waals surface area (Å²) >= 11 is 2.03. The van der Waals surface area contributed by atoms with Gasteiger partial charge in [0.15, 0.2) is 0 Å². The number of thioether (sulfide) groups is 1. The standard InChI is InChI=1S/C15H24N2OS/c1-12-15(11-16,8-9-19-12)17(2)10-13-4-6-14(18-3)7-5-13/h4-7,12H,8-11,16H2,1-3H3. The Labute approximate surface area is 120 Å². The monoisotopic (exact) mass is 280 g/mol. The van der Waals surface area contributed by atoms with Gasteiger partial charge in [-0.2, -0.15) is 11.8 Å². The van der Waals surface area contributed by atoms with E-state index in [9.17, 15) is 0 Å². The Bertz CT molecular complexity index is 409. The summed E-state index contributed by atoms with van der Waals surface area (Å²) in [5, 5.41) is 0.598. The molecule has 0 radical (unpaired) electrons. The third-order valence-electron chi connectivity index (χ3n) is 4.35. The van der Waals surface area contributed by atoms with Crippen molar-refractivity contribution < 1.29 is 4.74 Å². The summed E-state index contributed by atoms with van der Waals surface area (Å²) in [5.41, 5.74) is 7.53. The van der Waals surface area contributed by atoms with E-state index in [1.54, 1.807) is 7.11 Å². The summed E-state index contributed by atoms with van der Waals surface area (Å²) in [4.78, 5) is 2.43. The van der Waals surface area contributed by atoms with Crippen LogP contribution in [0.2, 0.25) is 0 Å². The first-order chi connectivity index (χ1) is 9.12. The molecule has 1 aromatic carbocycles. The van der Waals surface area contributed by atoms with Crippen molar-refractivity contribution >= 4 is 11.8 Å². The number of methoxy groups -OCH3 is 1. The topological polar surface area (TPSA) is 38.5 Å². The van der Waals surface area contributed by atoms with E-state index in [4.69, 9.17) is 10.5 Å². The van der Waals surface area contributed by atoms with Gasteiger partial charge in [-0.1, -0.05) is 19.1 Å². The highest BCUT2D eigenvalue weighted by atomic mass is 32.2. The van der Waals surface area contributed by atoms with Gasteiger partial charge in [-0.15, -0.1) is 0 Å². The van der Waals surface area contributed by atoms with Gasteiger partial charge in [0.05, 0.1) is 7.11 Å². The number of likely N-dealkylation sites (N-methyl/N-ethyl adjacent to an activating group) is 1. The van der Waals surface area contributed by atoms with Crippen molar-refractivity contribution in [3.05, 3.63) is 29.8 Å². The van der Waals surface area contributed by atoms with Crippen LogP contribution in [-0.4, -0.2) is 42.1 Å². The Morgan fingerprint density at radius 1 is 1.42 bits per heavy atom. The van der Waals surface area contributed by atoms with E-state index in [0.717, 1.165) is 18.8 Å². The highest BCUT2D eigenvalue weighted by Gasteiger charge is 2.42. The Hall–Kier alpha value is -0.710. The second-order valence-corrected chi connectivity index (χ2v) is 6.72. The van der Waals surface area contributed by atoms with Crippen molar-refractivity contribution in [2.24, 2.45) is 5.73 Å². The average molecular weight is 280 g/mol. The van der Waals surface area contributed by atoms with Crippen LogP contribution in [-0.2, 0) is 6.54 Å². The summed E-state index contributed by atoms with van der Waals surface area (Å²) < 4.78 is 5.20. The molecule has 1 heterocycles. The second-order valence-electron chi connectivity index (χ2n) is 5.27. The van der Waals surface area contributed by atoms with Gasteiger partial charge in [0.1, 0.15) is 5.75 Å². The average Bonchev–Trinajstić information content (AvgIpc) is 2.82. The molecule has 2 N–H and O–H groups in total. The lowest BCUT2D eigenvalue weighted by molar-refractivity contribution is 0.122. The zero-order chi connectivity index (χ0) is 13.9. The first kappa shape index (κ1) is 14.7. The highest BCUT2D eigenvalue weighted by molar-refractivity contribution is 8.00. The maximum absolute atomic E-state index is 6.08. The largest absolute Gasteiger partial charge is 0.497 e. The molecule has 3 nitrogen and oxygen atoms in total. The van der Waals surface area contributed by atoms with E-state index in [0.29, 0.717) is 5.25 Å². The molecule has 1 aliphatic heterocycles. The molecular formula is C15H24N2OS. The number of nitrogens with zero attached hydrogens (tertiary/aromatic N) is 1. The summed E-state index contributed by atoms with van der Waals surface area (Å²) in [5.74, 6) is 2.12. The van der Waals surface area contributed by atoms with E-state index >= 15 is 0 Å². The molecule has 0 aliphatic carbocycles. The summed E-state index contributed by atoms with van der Waals surface area (Å²) in [6.07, 6.45) is 1.18. The van der Waals surface area contributed by atoms with Crippen molar-refractivity contribution in [2.45, 2.75) is 30.7 Å². The minimum absolute atomic E-state index is 0.143. The fourth-order valence-electron chi connectivity index (χ4n) is 2.86. The number of ether oxygens (including phenoxy) is 1. The predicted molar refractivity (Wildman–Crippen MR) is 82.8 cm³/mol. The van der Waals surface area contributed by atoms with Crippen LogP contribution in [0.4, 0.5) is 0 Å². The number of nitrogens with two attached hydrogens (primary N) is 1. The van der Waals surface area contributed by atoms with Gasteiger partial charge < -0.3 is 10.5 Å². The van der Waals surface area contributed by atoms with Crippen LogP contribution in [0.3, 0.4) is 0 Å². The zero-order valence-electron chi connectivity index (χ0n) is 12.1. The van der Waals surface area contributed by atoms with Crippen LogP contribution >= 0.6 is 11.8 Å². The van der Waals surface area contributed by atoms with Crippen molar-refractivity contribution in [3.63, 3.8) is 0 Å². The zero-order valence-corrected chi connectivity index (χ0v) is 12.9. The Morgan fingerprint density at radius 3 is 2.58 bits per heavy atom. The molecule has 0 spiro atoms. The lowest BCUT2D eigenvalue weighted by Gasteiger charge is -2.41. The molecule has 1 aromatic rings. The van der Waals surface area contributed by atoms with E-state index in [1.807, 2.05) is 23.9 Å². The summed E-state index contributed by atoms with van der Waals surface area (Å²) in [6.45, 7) is 3.97. The minimum atomic E-state index is 0.143. The van der Waals surface area contributed by atoms with Crippen LogP contribution in [0, 0.1) is 0 Å². The first-order valence-electron chi connectivity index (χ1n) is 6.78. The van der Waals surface area contributed by atoms with Crippen LogP contribution in [0.25, 0.3) is 0 Å². The molecule has 106 valence electrons. The molecule has 2 unspecified atom stereocenters. The molecule has 1 aliphatic rings. The van der Waals surface area contributed by atoms with Gasteiger partial charge in [0, 0.05) is 23.9 Å². The Balaban J connectivity index is 2.08. The number of benzene rings is 1. The van der Waals surface area contributed by atoms with E-state index in [-0.39, 0.29) is 5.54 Å². The van der Waals surface area contributed by atoms with Gasteiger partial charge in [-0.25, -0.2) is 0 Å². The Kier molecular flexibility index (Phi) is 4.76. The number of rotatable bonds is 5. The van der Waals surface area contributed by atoms with Gasteiger partial charge in [0.2, 0.25) is 0 Å². The molecule has 1 fully saturated rings. The van der Waals surface area contributed by atoms with Crippen LogP contribution in [0.15, 0.2) is 24.3 Å². The molecule has 19 heavy (non-hydrogen) atoms. The molecule has 4 heteroatoms. The van der Waals surface area contributed by atoms with Gasteiger partial charge in [0.25, 0.3) is 0 Å². The molecule has 0 amide bonds. The molecular weight excluding hydrogens is 256 g/mol. The van der Waals surface area contributed by atoms with E-state index < -0.39 is 0 Å². The van der Waals surface area contributed by atoms with E-state index in [2.05, 4.69) is 31.0 Å². The first-order valence-corrected chi connectivity index (χ1v) is 7.83. The van der Waals surface area contributed by atoms with Crippen LogP contribution in [0.5, 0.6) is 5.75 Å². The SMILES string of the molecule is COc1ccc(CN(C)C2(CN)CCSC2C)cc1. The van der Waals surface area contributed by atoms with Crippen molar-refractivity contribution in [3.8, 4) is 5.75 Å². The quantitative estimate of drug-likeness (QED) is 0.898. The summed E-state index contributed by atoms with van der Waals surface area (Å²) in [6, 6.07) is 8.30. The van der Waals surface area contributed by atoms with Crippen molar-refractivity contribution in [1.29, 1.82) is 0 Å². The molecule has 0 aromatic heterocycles. The molecule has 1 saturated heterocycles. The lowest BCUT2D eigenvalue weighted by atomic mass is 9.90. The number of hydrogen-bond acceptors (Lipinski definition) is 4. The molecule has 2 atom stereocenters. The number of hydrogen-bond donors (Lipinski definition) is 1. The summed E-state index contributed by atoms with van der Waals surface area (Å²) in [7, 11) is 3.89. The highest BCUT2D eigenvalue weighted by Crippen LogP contribution is 2.39. The van der Waals surface area contributed by atoms with Crippen LogP contribution in [0.1, 0.15) is 18.9 Å². The van der Waals surface area contributed by atoms with Gasteiger partial charge in [-0.05, 0) is 36.9 Å². The van der Waals surface area contributed by atoms with E-state index in [1.165, 1.54) is 17.7 Å². The molecule has 0 bridgehead atoms. The second kappa shape index (κ2) is 6.16. The third kappa shape index (κ3) is 2.91. The third-order valence-corrected chi connectivity index (χ3v) is 5.73. The minimum Gasteiger partial charge on any atom is -0.497 e. The van der Waals surface area contributed by atoms with Crippen molar-refractivity contribution in [2.75, 3.05) is 26.5 Å². The fraction of sp³-hybridized carbons (Fsp3) is 0.600.